The van der Waals surface area contributed by atoms with Crippen molar-refractivity contribution in [2.24, 2.45) is 11.8 Å². The van der Waals surface area contributed by atoms with Crippen LogP contribution < -0.4 is 5.32 Å². The van der Waals surface area contributed by atoms with Gasteiger partial charge in [-0.25, -0.2) is 0 Å². The fraction of sp³-hybridized carbons (Fsp3) is 0.900. The van der Waals surface area contributed by atoms with Gasteiger partial charge in [0.1, 0.15) is 0 Å². The van der Waals surface area contributed by atoms with E-state index < -0.39 is 0 Å². The Morgan fingerprint density at radius 3 is 2.50 bits per heavy atom. The average Bonchev–Trinajstić information content (AvgIpc) is 2.57. The summed E-state index contributed by atoms with van der Waals surface area (Å²) in [6, 6.07) is 0. The first-order chi connectivity index (χ1) is 5.88. The molecule has 2 fully saturated rings. The lowest BCUT2D eigenvalue weighted by Gasteiger charge is -2.26. The van der Waals surface area contributed by atoms with E-state index in [1.54, 1.807) is 0 Å². The zero-order chi connectivity index (χ0) is 8.39. The molecule has 0 radical (unpaired) electrons. The molecule has 68 valence electrons. The molecule has 1 atom stereocenters. The molecule has 1 aliphatic heterocycles. The number of nitrogens with one attached hydrogen (secondary N) is 1. The van der Waals surface area contributed by atoms with Crippen molar-refractivity contribution in [3.05, 3.63) is 0 Å². The average molecular weight is 167 g/mol. The predicted octanol–water partition coefficient (Wildman–Crippen LogP) is 1.70. The highest BCUT2D eigenvalue weighted by molar-refractivity contribution is 5.79. The number of carbonyl (C=O) groups excluding carboxylic acids is 1. The number of hydrogen-bond donors (Lipinski definition) is 1. The first-order valence-corrected chi connectivity index (χ1v) is 5.15. The standard InChI is InChI=1S/C10H17NO/c12-10-9(6-3-7-11-10)8-4-1-2-5-8/h8-9H,1-7H2,(H,11,12)/t9-/m1/s1. The van der Waals surface area contributed by atoms with Crippen LogP contribution in [0, 0.1) is 11.8 Å². The first kappa shape index (κ1) is 8.09. The molecule has 1 aliphatic carbocycles. The highest BCUT2D eigenvalue weighted by Crippen LogP contribution is 2.34. The second kappa shape index (κ2) is 3.46. The van der Waals surface area contributed by atoms with Gasteiger partial charge in [-0.1, -0.05) is 12.8 Å². The summed E-state index contributed by atoms with van der Waals surface area (Å²) in [5, 5.41) is 2.97. The highest BCUT2D eigenvalue weighted by atomic mass is 16.1. The molecule has 2 nitrogen and oxygen atoms in total. The Morgan fingerprint density at radius 2 is 1.83 bits per heavy atom. The second-order valence-electron chi connectivity index (χ2n) is 4.08. The molecule has 0 spiro atoms. The van der Waals surface area contributed by atoms with E-state index >= 15 is 0 Å². The summed E-state index contributed by atoms with van der Waals surface area (Å²) in [6.45, 7) is 0.905. The maximum Gasteiger partial charge on any atom is 0.223 e. The van der Waals surface area contributed by atoms with Crippen molar-refractivity contribution in [2.45, 2.75) is 38.5 Å². The van der Waals surface area contributed by atoms with Crippen molar-refractivity contribution in [2.75, 3.05) is 6.54 Å². The molecule has 2 aliphatic rings. The van der Waals surface area contributed by atoms with E-state index in [4.69, 9.17) is 0 Å². The Labute approximate surface area is 73.7 Å². The monoisotopic (exact) mass is 167 g/mol. The van der Waals surface area contributed by atoms with Gasteiger partial charge >= 0.3 is 0 Å². The number of piperidine rings is 1. The van der Waals surface area contributed by atoms with Gasteiger partial charge in [0.15, 0.2) is 0 Å². The maximum atomic E-state index is 11.5. The molecule has 12 heavy (non-hydrogen) atoms. The lowest BCUT2D eigenvalue weighted by molar-refractivity contribution is -0.128. The van der Waals surface area contributed by atoms with E-state index in [0.717, 1.165) is 13.0 Å². The molecule has 1 heterocycles. The van der Waals surface area contributed by atoms with Crippen molar-refractivity contribution in [1.29, 1.82) is 0 Å². The minimum absolute atomic E-state index is 0.327. The van der Waals surface area contributed by atoms with Crippen molar-refractivity contribution < 1.29 is 4.79 Å². The van der Waals surface area contributed by atoms with Crippen LogP contribution in [-0.4, -0.2) is 12.5 Å². The zero-order valence-corrected chi connectivity index (χ0v) is 7.51. The molecule has 1 saturated carbocycles. The van der Waals surface area contributed by atoms with Crippen LogP contribution in [0.15, 0.2) is 0 Å². The molecule has 1 saturated heterocycles. The number of rotatable bonds is 1. The Bertz CT molecular complexity index is 173. The van der Waals surface area contributed by atoms with Crippen molar-refractivity contribution in [1.82, 2.24) is 5.32 Å². The SMILES string of the molecule is O=C1NCCC[C@@H]1C1CCCC1. The molecular weight excluding hydrogens is 150 g/mol. The van der Waals surface area contributed by atoms with Crippen LogP contribution >= 0.6 is 0 Å². The largest absolute Gasteiger partial charge is 0.356 e. The normalized spacial score (nSPS) is 32.0. The Balaban J connectivity index is 1.95. The smallest absolute Gasteiger partial charge is 0.223 e. The van der Waals surface area contributed by atoms with Gasteiger partial charge in [0.25, 0.3) is 0 Å². The lowest BCUT2D eigenvalue weighted by atomic mass is 9.84. The third kappa shape index (κ3) is 1.47. The van der Waals surface area contributed by atoms with Crippen LogP contribution in [0.3, 0.4) is 0 Å². The Morgan fingerprint density at radius 1 is 1.08 bits per heavy atom. The van der Waals surface area contributed by atoms with E-state index in [2.05, 4.69) is 5.32 Å². The molecule has 0 aromatic heterocycles. The van der Waals surface area contributed by atoms with Crippen LogP contribution in [0.4, 0.5) is 0 Å². The minimum Gasteiger partial charge on any atom is -0.356 e. The topological polar surface area (TPSA) is 29.1 Å². The minimum atomic E-state index is 0.327. The maximum absolute atomic E-state index is 11.5. The molecule has 1 amide bonds. The van der Waals surface area contributed by atoms with E-state index in [1.807, 2.05) is 0 Å². The quantitative estimate of drug-likeness (QED) is 0.632. The van der Waals surface area contributed by atoms with Crippen LogP contribution in [0.1, 0.15) is 38.5 Å². The van der Waals surface area contributed by atoms with E-state index in [-0.39, 0.29) is 0 Å². The molecule has 2 heteroatoms. The second-order valence-corrected chi connectivity index (χ2v) is 4.08. The molecule has 0 unspecified atom stereocenters. The van der Waals surface area contributed by atoms with Crippen LogP contribution in [0.5, 0.6) is 0 Å². The van der Waals surface area contributed by atoms with E-state index in [1.165, 1.54) is 32.1 Å². The van der Waals surface area contributed by atoms with Gasteiger partial charge < -0.3 is 5.32 Å². The summed E-state index contributed by atoms with van der Waals surface area (Å²) in [5.41, 5.74) is 0. The van der Waals surface area contributed by atoms with Gasteiger partial charge in [-0.15, -0.1) is 0 Å². The summed E-state index contributed by atoms with van der Waals surface area (Å²) >= 11 is 0. The van der Waals surface area contributed by atoms with Crippen molar-refractivity contribution >= 4 is 5.91 Å². The van der Waals surface area contributed by atoms with Gasteiger partial charge in [0.2, 0.25) is 5.91 Å². The van der Waals surface area contributed by atoms with Crippen LogP contribution in [0.25, 0.3) is 0 Å². The molecule has 0 aromatic rings. The highest BCUT2D eigenvalue weighted by Gasteiger charge is 2.31. The predicted molar refractivity (Wildman–Crippen MR) is 47.7 cm³/mol. The zero-order valence-electron chi connectivity index (χ0n) is 7.51. The van der Waals surface area contributed by atoms with E-state index in [0.29, 0.717) is 17.7 Å². The molecule has 0 aromatic carbocycles. The molecule has 1 N–H and O–H groups in total. The Kier molecular flexibility index (Phi) is 2.33. The van der Waals surface area contributed by atoms with Gasteiger partial charge in [0, 0.05) is 12.5 Å². The summed E-state index contributed by atoms with van der Waals surface area (Å²) in [6.07, 6.45) is 7.59. The summed E-state index contributed by atoms with van der Waals surface area (Å²) in [5.74, 6) is 1.40. The summed E-state index contributed by atoms with van der Waals surface area (Å²) in [4.78, 5) is 11.5. The summed E-state index contributed by atoms with van der Waals surface area (Å²) in [7, 11) is 0. The number of hydrogen-bond acceptors (Lipinski definition) is 1. The Hall–Kier alpha value is -0.530. The first-order valence-electron chi connectivity index (χ1n) is 5.15. The lowest BCUT2D eigenvalue weighted by Crippen LogP contribution is -2.39. The van der Waals surface area contributed by atoms with Gasteiger partial charge in [0.05, 0.1) is 0 Å². The number of carbonyl (C=O) groups is 1. The van der Waals surface area contributed by atoms with Gasteiger partial charge in [-0.3, -0.25) is 4.79 Å². The van der Waals surface area contributed by atoms with Crippen LogP contribution in [0.2, 0.25) is 0 Å². The third-order valence-corrected chi connectivity index (χ3v) is 3.30. The fourth-order valence-electron chi connectivity index (χ4n) is 2.61. The summed E-state index contributed by atoms with van der Waals surface area (Å²) < 4.78 is 0. The molecule has 2 rings (SSSR count). The number of amides is 1. The fourth-order valence-corrected chi connectivity index (χ4v) is 2.61. The molecule has 0 bridgehead atoms. The van der Waals surface area contributed by atoms with Crippen molar-refractivity contribution in [3.63, 3.8) is 0 Å². The van der Waals surface area contributed by atoms with Gasteiger partial charge in [-0.2, -0.15) is 0 Å². The van der Waals surface area contributed by atoms with E-state index in [9.17, 15) is 4.79 Å². The van der Waals surface area contributed by atoms with Crippen LogP contribution in [-0.2, 0) is 4.79 Å². The third-order valence-electron chi connectivity index (χ3n) is 3.30. The van der Waals surface area contributed by atoms with Gasteiger partial charge in [-0.05, 0) is 31.6 Å². The van der Waals surface area contributed by atoms with Crippen molar-refractivity contribution in [3.8, 4) is 0 Å². The molecular formula is C10H17NO.